The van der Waals surface area contributed by atoms with Crippen molar-refractivity contribution in [1.29, 1.82) is 0 Å². The number of likely N-dealkylation sites (tertiary alicyclic amines) is 1. The summed E-state index contributed by atoms with van der Waals surface area (Å²) in [5.74, 6) is 0.126. The second-order valence-electron chi connectivity index (χ2n) is 4.43. The monoisotopic (exact) mass is 214 g/mol. The molecule has 1 N–H and O–H groups in total. The summed E-state index contributed by atoms with van der Waals surface area (Å²) >= 11 is 0. The summed E-state index contributed by atoms with van der Waals surface area (Å²) in [5, 5.41) is 2.90. The van der Waals surface area contributed by atoms with Crippen LogP contribution in [0.25, 0.3) is 0 Å². The molecular weight excluding hydrogens is 192 g/mol. The second-order valence-corrected chi connectivity index (χ2v) is 4.43. The molecule has 1 fully saturated rings. The lowest BCUT2D eigenvalue weighted by Crippen LogP contribution is -2.44. The number of rotatable bonds is 4. The SMILES string of the molecule is COC1CCN(CC(=O)NC(C)C)CC1. The van der Waals surface area contributed by atoms with Gasteiger partial charge in [-0.25, -0.2) is 0 Å². The molecule has 0 saturated carbocycles. The molecule has 0 radical (unpaired) electrons. The Morgan fingerprint density at radius 1 is 1.47 bits per heavy atom. The lowest BCUT2D eigenvalue weighted by Gasteiger charge is -2.30. The molecule has 4 heteroatoms. The van der Waals surface area contributed by atoms with Crippen molar-refractivity contribution in [1.82, 2.24) is 10.2 Å². The third-order valence-corrected chi connectivity index (χ3v) is 2.68. The first-order valence-corrected chi connectivity index (χ1v) is 5.66. The number of hydrogen-bond donors (Lipinski definition) is 1. The van der Waals surface area contributed by atoms with Crippen LogP contribution in [0.15, 0.2) is 0 Å². The second kappa shape index (κ2) is 6.08. The number of carbonyl (C=O) groups is 1. The van der Waals surface area contributed by atoms with Crippen molar-refractivity contribution in [2.75, 3.05) is 26.7 Å². The third kappa shape index (κ3) is 4.62. The fourth-order valence-electron chi connectivity index (χ4n) is 1.87. The summed E-state index contributed by atoms with van der Waals surface area (Å²) in [5.41, 5.74) is 0. The maximum Gasteiger partial charge on any atom is 0.234 e. The Labute approximate surface area is 92.0 Å². The smallest absolute Gasteiger partial charge is 0.234 e. The van der Waals surface area contributed by atoms with E-state index in [1.165, 1.54) is 0 Å². The van der Waals surface area contributed by atoms with Crippen LogP contribution < -0.4 is 5.32 Å². The predicted octanol–water partition coefficient (Wildman–Crippen LogP) is 0.622. The fourth-order valence-corrected chi connectivity index (χ4v) is 1.87. The van der Waals surface area contributed by atoms with Crippen molar-refractivity contribution < 1.29 is 9.53 Å². The summed E-state index contributed by atoms with van der Waals surface area (Å²) in [6.45, 7) is 6.41. The van der Waals surface area contributed by atoms with Gasteiger partial charge >= 0.3 is 0 Å². The minimum absolute atomic E-state index is 0.126. The van der Waals surface area contributed by atoms with Gasteiger partial charge in [0, 0.05) is 26.2 Å². The molecule has 1 rings (SSSR count). The van der Waals surface area contributed by atoms with E-state index in [-0.39, 0.29) is 11.9 Å². The third-order valence-electron chi connectivity index (χ3n) is 2.68. The summed E-state index contributed by atoms with van der Waals surface area (Å²) in [6, 6.07) is 0.231. The number of piperidine rings is 1. The van der Waals surface area contributed by atoms with Gasteiger partial charge in [0.1, 0.15) is 0 Å². The predicted molar refractivity (Wildman–Crippen MR) is 59.7 cm³/mol. The van der Waals surface area contributed by atoms with Gasteiger partial charge in [0.25, 0.3) is 0 Å². The molecule has 1 aliphatic heterocycles. The first-order valence-electron chi connectivity index (χ1n) is 5.66. The van der Waals surface area contributed by atoms with Crippen molar-refractivity contribution in [2.45, 2.75) is 38.8 Å². The van der Waals surface area contributed by atoms with Crippen LogP contribution in [-0.2, 0) is 9.53 Å². The Hall–Kier alpha value is -0.610. The van der Waals surface area contributed by atoms with E-state index in [4.69, 9.17) is 4.74 Å². The Kier molecular flexibility index (Phi) is 5.05. The molecule has 0 bridgehead atoms. The zero-order valence-electron chi connectivity index (χ0n) is 9.95. The molecular formula is C11H22N2O2. The number of ether oxygens (including phenoxy) is 1. The van der Waals surface area contributed by atoms with Gasteiger partial charge in [0.05, 0.1) is 12.6 Å². The number of methoxy groups -OCH3 is 1. The van der Waals surface area contributed by atoms with E-state index in [9.17, 15) is 4.79 Å². The topological polar surface area (TPSA) is 41.6 Å². The molecule has 0 aromatic carbocycles. The highest BCUT2D eigenvalue weighted by Gasteiger charge is 2.20. The highest BCUT2D eigenvalue weighted by atomic mass is 16.5. The Morgan fingerprint density at radius 3 is 2.53 bits per heavy atom. The van der Waals surface area contributed by atoms with E-state index in [0.717, 1.165) is 25.9 Å². The van der Waals surface area contributed by atoms with E-state index in [1.54, 1.807) is 7.11 Å². The van der Waals surface area contributed by atoms with Crippen molar-refractivity contribution >= 4 is 5.91 Å². The minimum atomic E-state index is 0.126. The van der Waals surface area contributed by atoms with Gasteiger partial charge in [-0.1, -0.05) is 0 Å². The zero-order chi connectivity index (χ0) is 11.3. The van der Waals surface area contributed by atoms with Crippen molar-refractivity contribution in [2.24, 2.45) is 0 Å². The van der Waals surface area contributed by atoms with E-state index < -0.39 is 0 Å². The molecule has 0 aromatic heterocycles. The number of hydrogen-bond acceptors (Lipinski definition) is 3. The lowest BCUT2D eigenvalue weighted by molar-refractivity contribution is -0.123. The minimum Gasteiger partial charge on any atom is -0.381 e. The largest absolute Gasteiger partial charge is 0.381 e. The summed E-state index contributed by atoms with van der Waals surface area (Å²) in [7, 11) is 1.76. The standard InChI is InChI=1S/C11H22N2O2/c1-9(2)12-11(14)8-13-6-4-10(15-3)5-7-13/h9-10H,4-8H2,1-3H3,(H,12,14). The molecule has 1 saturated heterocycles. The number of nitrogens with zero attached hydrogens (tertiary/aromatic N) is 1. The van der Waals surface area contributed by atoms with Gasteiger partial charge < -0.3 is 10.1 Å². The van der Waals surface area contributed by atoms with Gasteiger partial charge in [0.2, 0.25) is 5.91 Å². The molecule has 0 atom stereocenters. The highest BCUT2D eigenvalue weighted by molar-refractivity contribution is 5.78. The van der Waals surface area contributed by atoms with Crippen LogP contribution in [-0.4, -0.2) is 49.7 Å². The molecule has 1 amide bonds. The molecule has 1 heterocycles. The summed E-state index contributed by atoms with van der Waals surface area (Å²) < 4.78 is 5.28. The maximum absolute atomic E-state index is 11.5. The van der Waals surface area contributed by atoms with Gasteiger partial charge in [-0.05, 0) is 26.7 Å². The van der Waals surface area contributed by atoms with Gasteiger partial charge in [0.15, 0.2) is 0 Å². The molecule has 1 aliphatic rings. The van der Waals surface area contributed by atoms with Crippen molar-refractivity contribution in [3.05, 3.63) is 0 Å². The van der Waals surface area contributed by atoms with Crippen LogP contribution in [0, 0.1) is 0 Å². The van der Waals surface area contributed by atoms with Crippen molar-refractivity contribution in [3.8, 4) is 0 Å². The van der Waals surface area contributed by atoms with Crippen LogP contribution in [0.1, 0.15) is 26.7 Å². The first kappa shape index (κ1) is 12.5. The van der Waals surface area contributed by atoms with Crippen LogP contribution in [0.2, 0.25) is 0 Å². The van der Waals surface area contributed by atoms with E-state index in [2.05, 4.69) is 10.2 Å². The van der Waals surface area contributed by atoms with Crippen LogP contribution in [0.4, 0.5) is 0 Å². The summed E-state index contributed by atoms with van der Waals surface area (Å²) in [6.07, 6.45) is 2.45. The lowest BCUT2D eigenvalue weighted by atomic mass is 10.1. The average molecular weight is 214 g/mol. The number of nitrogens with one attached hydrogen (secondary N) is 1. The molecule has 0 aromatic rings. The molecule has 15 heavy (non-hydrogen) atoms. The van der Waals surface area contributed by atoms with E-state index in [1.807, 2.05) is 13.8 Å². The Bertz CT molecular complexity index is 199. The van der Waals surface area contributed by atoms with Crippen molar-refractivity contribution in [3.63, 3.8) is 0 Å². The van der Waals surface area contributed by atoms with E-state index >= 15 is 0 Å². The molecule has 88 valence electrons. The van der Waals surface area contributed by atoms with Crippen LogP contribution in [0.5, 0.6) is 0 Å². The van der Waals surface area contributed by atoms with Crippen LogP contribution >= 0.6 is 0 Å². The molecule has 0 unspecified atom stereocenters. The number of carbonyl (C=O) groups excluding carboxylic acids is 1. The Morgan fingerprint density at radius 2 is 2.07 bits per heavy atom. The molecule has 4 nitrogen and oxygen atoms in total. The summed E-state index contributed by atoms with van der Waals surface area (Å²) in [4.78, 5) is 13.7. The average Bonchev–Trinajstić information content (AvgIpc) is 2.17. The first-order chi connectivity index (χ1) is 7.11. The number of amides is 1. The van der Waals surface area contributed by atoms with E-state index in [0.29, 0.717) is 12.6 Å². The normalized spacial score (nSPS) is 19.5. The Balaban J connectivity index is 2.20. The fraction of sp³-hybridized carbons (Fsp3) is 0.909. The van der Waals surface area contributed by atoms with Gasteiger partial charge in [-0.15, -0.1) is 0 Å². The quantitative estimate of drug-likeness (QED) is 0.746. The van der Waals surface area contributed by atoms with Gasteiger partial charge in [-0.3, -0.25) is 9.69 Å². The molecule has 0 spiro atoms. The maximum atomic E-state index is 11.5. The highest BCUT2D eigenvalue weighted by Crippen LogP contribution is 2.12. The zero-order valence-corrected chi connectivity index (χ0v) is 9.95. The van der Waals surface area contributed by atoms with Gasteiger partial charge in [-0.2, -0.15) is 0 Å². The molecule has 0 aliphatic carbocycles. The van der Waals surface area contributed by atoms with Crippen LogP contribution in [0.3, 0.4) is 0 Å².